The first-order valence-corrected chi connectivity index (χ1v) is 7.13. The SMILES string of the molecule is C=CCCOC(C)C(=O)NCCc1nnc2n1CCC2. The van der Waals surface area contributed by atoms with Gasteiger partial charge in [0.2, 0.25) is 5.91 Å². The molecule has 110 valence electrons. The Morgan fingerprint density at radius 3 is 3.25 bits per heavy atom. The molecule has 6 heteroatoms. The summed E-state index contributed by atoms with van der Waals surface area (Å²) in [6.45, 7) is 7.45. The molecule has 0 fully saturated rings. The van der Waals surface area contributed by atoms with E-state index in [9.17, 15) is 4.79 Å². The quantitative estimate of drug-likeness (QED) is 0.566. The van der Waals surface area contributed by atoms with E-state index in [1.165, 1.54) is 0 Å². The van der Waals surface area contributed by atoms with Crippen molar-refractivity contribution >= 4 is 5.91 Å². The van der Waals surface area contributed by atoms with E-state index in [-0.39, 0.29) is 5.91 Å². The van der Waals surface area contributed by atoms with Crippen LogP contribution in [0.2, 0.25) is 0 Å². The maximum atomic E-state index is 11.8. The summed E-state index contributed by atoms with van der Waals surface area (Å²) < 4.78 is 7.54. The molecule has 1 aliphatic rings. The lowest BCUT2D eigenvalue weighted by molar-refractivity contribution is -0.131. The van der Waals surface area contributed by atoms with Crippen LogP contribution < -0.4 is 5.32 Å². The first-order valence-electron chi connectivity index (χ1n) is 7.13. The highest BCUT2D eigenvalue weighted by Crippen LogP contribution is 2.13. The zero-order valence-corrected chi connectivity index (χ0v) is 12.0. The molecular formula is C14H22N4O2. The summed E-state index contributed by atoms with van der Waals surface area (Å²) in [4.78, 5) is 11.8. The van der Waals surface area contributed by atoms with Crippen molar-refractivity contribution in [2.45, 2.75) is 45.3 Å². The van der Waals surface area contributed by atoms with Gasteiger partial charge in [0, 0.05) is 25.9 Å². The molecule has 0 saturated carbocycles. The summed E-state index contributed by atoms with van der Waals surface area (Å²) in [5.74, 6) is 1.93. The Bertz CT molecular complexity index is 470. The second-order valence-electron chi connectivity index (χ2n) is 4.92. The van der Waals surface area contributed by atoms with Gasteiger partial charge in [0.15, 0.2) is 0 Å². The van der Waals surface area contributed by atoms with Crippen LogP contribution in [0.15, 0.2) is 12.7 Å². The predicted octanol–water partition coefficient (Wildman–Crippen LogP) is 0.864. The number of nitrogens with one attached hydrogen (secondary N) is 1. The van der Waals surface area contributed by atoms with Crippen LogP contribution in [-0.4, -0.2) is 39.9 Å². The molecular weight excluding hydrogens is 256 g/mol. The number of fused-ring (bicyclic) bond motifs is 1. The van der Waals surface area contributed by atoms with Gasteiger partial charge < -0.3 is 14.6 Å². The summed E-state index contributed by atoms with van der Waals surface area (Å²) in [5, 5.41) is 11.2. The molecule has 1 aromatic heterocycles. The Labute approximate surface area is 119 Å². The smallest absolute Gasteiger partial charge is 0.248 e. The van der Waals surface area contributed by atoms with Crippen molar-refractivity contribution in [1.82, 2.24) is 20.1 Å². The molecule has 1 atom stereocenters. The first-order chi connectivity index (χ1) is 9.72. The van der Waals surface area contributed by atoms with Crippen molar-refractivity contribution < 1.29 is 9.53 Å². The Morgan fingerprint density at radius 1 is 1.60 bits per heavy atom. The van der Waals surface area contributed by atoms with E-state index in [1.54, 1.807) is 13.0 Å². The van der Waals surface area contributed by atoms with Crippen LogP contribution in [0.5, 0.6) is 0 Å². The number of ether oxygens (including phenoxy) is 1. The second-order valence-corrected chi connectivity index (χ2v) is 4.92. The third kappa shape index (κ3) is 3.66. The largest absolute Gasteiger partial charge is 0.368 e. The molecule has 20 heavy (non-hydrogen) atoms. The summed E-state index contributed by atoms with van der Waals surface area (Å²) >= 11 is 0. The van der Waals surface area contributed by atoms with Gasteiger partial charge in [0.05, 0.1) is 6.61 Å². The van der Waals surface area contributed by atoms with Gasteiger partial charge in [-0.25, -0.2) is 0 Å². The number of hydrogen-bond donors (Lipinski definition) is 1. The van der Waals surface area contributed by atoms with Crippen molar-refractivity contribution in [3.63, 3.8) is 0 Å². The highest BCUT2D eigenvalue weighted by atomic mass is 16.5. The molecule has 1 N–H and O–H groups in total. The fraction of sp³-hybridized carbons (Fsp3) is 0.643. The van der Waals surface area contributed by atoms with Gasteiger partial charge in [-0.2, -0.15) is 0 Å². The molecule has 2 rings (SSSR count). The maximum absolute atomic E-state index is 11.8. The molecule has 0 spiro atoms. The van der Waals surface area contributed by atoms with Gasteiger partial charge in [-0.05, 0) is 19.8 Å². The van der Waals surface area contributed by atoms with Gasteiger partial charge in [-0.3, -0.25) is 4.79 Å². The number of aryl methyl sites for hydroxylation is 1. The van der Waals surface area contributed by atoms with Gasteiger partial charge in [-0.1, -0.05) is 6.08 Å². The average Bonchev–Trinajstić information content (AvgIpc) is 3.03. The molecule has 6 nitrogen and oxygen atoms in total. The summed E-state index contributed by atoms with van der Waals surface area (Å²) in [5.41, 5.74) is 0. The number of carbonyl (C=O) groups is 1. The molecule has 1 aliphatic heterocycles. The third-order valence-electron chi connectivity index (χ3n) is 3.39. The van der Waals surface area contributed by atoms with Crippen LogP contribution in [0.4, 0.5) is 0 Å². The Hall–Kier alpha value is -1.69. The van der Waals surface area contributed by atoms with E-state index in [4.69, 9.17) is 4.74 Å². The van der Waals surface area contributed by atoms with Crippen LogP contribution >= 0.6 is 0 Å². The summed E-state index contributed by atoms with van der Waals surface area (Å²) in [6.07, 6.45) is 4.95. The number of rotatable bonds is 8. The van der Waals surface area contributed by atoms with Crippen molar-refractivity contribution in [3.05, 3.63) is 24.3 Å². The lowest BCUT2D eigenvalue weighted by Crippen LogP contribution is -2.36. The number of hydrogen-bond acceptors (Lipinski definition) is 4. The van der Waals surface area contributed by atoms with Crippen molar-refractivity contribution in [3.8, 4) is 0 Å². The Kier molecular flexibility index (Phi) is 5.29. The average molecular weight is 278 g/mol. The summed E-state index contributed by atoms with van der Waals surface area (Å²) in [7, 11) is 0. The van der Waals surface area contributed by atoms with Gasteiger partial charge in [-0.15, -0.1) is 16.8 Å². The van der Waals surface area contributed by atoms with E-state index in [1.807, 2.05) is 0 Å². The van der Waals surface area contributed by atoms with Crippen LogP contribution in [-0.2, 0) is 28.9 Å². The zero-order chi connectivity index (χ0) is 14.4. The molecule has 0 aromatic carbocycles. The van der Waals surface area contributed by atoms with Crippen LogP contribution in [0.3, 0.4) is 0 Å². The number of carbonyl (C=O) groups excluding carboxylic acids is 1. The van der Waals surface area contributed by atoms with E-state index in [2.05, 4.69) is 26.7 Å². The number of amides is 1. The maximum Gasteiger partial charge on any atom is 0.248 e. The highest BCUT2D eigenvalue weighted by molar-refractivity contribution is 5.80. The summed E-state index contributed by atoms with van der Waals surface area (Å²) in [6, 6.07) is 0. The highest BCUT2D eigenvalue weighted by Gasteiger charge is 2.17. The van der Waals surface area contributed by atoms with E-state index in [0.29, 0.717) is 19.6 Å². The molecule has 0 radical (unpaired) electrons. The lowest BCUT2D eigenvalue weighted by atomic mass is 10.3. The molecule has 1 amide bonds. The monoisotopic (exact) mass is 278 g/mol. The first kappa shape index (κ1) is 14.7. The minimum Gasteiger partial charge on any atom is -0.368 e. The van der Waals surface area contributed by atoms with Crippen molar-refractivity contribution in [2.75, 3.05) is 13.2 Å². The lowest BCUT2D eigenvalue weighted by Gasteiger charge is -2.12. The van der Waals surface area contributed by atoms with Crippen molar-refractivity contribution in [1.29, 1.82) is 0 Å². The molecule has 1 unspecified atom stereocenters. The Morgan fingerprint density at radius 2 is 2.45 bits per heavy atom. The van der Waals surface area contributed by atoms with Gasteiger partial charge >= 0.3 is 0 Å². The van der Waals surface area contributed by atoms with Gasteiger partial charge in [0.25, 0.3) is 0 Å². The predicted molar refractivity (Wildman–Crippen MR) is 75.3 cm³/mol. The van der Waals surface area contributed by atoms with Crippen LogP contribution in [0.1, 0.15) is 31.4 Å². The molecule has 0 bridgehead atoms. The third-order valence-corrected chi connectivity index (χ3v) is 3.39. The minimum absolute atomic E-state index is 0.0878. The van der Waals surface area contributed by atoms with Crippen molar-refractivity contribution in [2.24, 2.45) is 0 Å². The van der Waals surface area contributed by atoms with Crippen LogP contribution in [0, 0.1) is 0 Å². The van der Waals surface area contributed by atoms with E-state index < -0.39 is 6.10 Å². The standard InChI is InChI=1S/C14H22N4O2/c1-3-4-10-20-11(2)14(19)15-8-7-13-17-16-12-6-5-9-18(12)13/h3,11H,1,4-10H2,2H3,(H,15,19). The molecule has 0 aliphatic carbocycles. The molecule has 2 heterocycles. The van der Waals surface area contributed by atoms with Crippen LogP contribution in [0.25, 0.3) is 0 Å². The molecule has 1 aromatic rings. The van der Waals surface area contributed by atoms with E-state index in [0.717, 1.165) is 37.5 Å². The second kappa shape index (κ2) is 7.19. The topological polar surface area (TPSA) is 69.0 Å². The van der Waals surface area contributed by atoms with E-state index >= 15 is 0 Å². The Balaban J connectivity index is 1.69. The number of aromatic nitrogens is 3. The minimum atomic E-state index is -0.431. The number of nitrogens with zero attached hydrogens (tertiary/aromatic N) is 3. The fourth-order valence-electron chi connectivity index (χ4n) is 2.24. The fourth-order valence-corrected chi connectivity index (χ4v) is 2.24. The zero-order valence-electron chi connectivity index (χ0n) is 12.0. The molecule has 0 saturated heterocycles. The van der Waals surface area contributed by atoms with Gasteiger partial charge in [0.1, 0.15) is 17.8 Å². The normalized spacial score (nSPS) is 14.8.